The minimum Gasteiger partial charge on any atom is -0.350 e. The summed E-state index contributed by atoms with van der Waals surface area (Å²) in [6.45, 7) is 11.7. The predicted molar refractivity (Wildman–Crippen MR) is 69.9 cm³/mol. The van der Waals surface area contributed by atoms with Crippen LogP contribution >= 0.6 is 12.4 Å². The molecule has 1 heterocycles. The van der Waals surface area contributed by atoms with Crippen LogP contribution in [0.15, 0.2) is 0 Å². The number of hydrogen-bond acceptors (Lipinski definition) is 2. The maximum atomic E-state index is 11.8. The molecule has 1 atom stereocenters. The second kappa shape index (κ2) is 5.37. The van der Waals surface area contributed by atoms with Crippen LogP contribution in [0.1, 0.15) is 47.5 Å². The Labute approximate surface area is 105 Å². The number of halogens is 1. The summed E-state index contributed by atoms with van der Waals surface area (Å²) in [4.78, 5) is 11.8. The van der Waals surface area contributed by atoms with Crippen LogP contribution in [0, 0.1) is 5.41 Å². The van der Waals surface area contributed by atoms with E-state index < -0.39 is 0 Å². The lowest BCUT2D eigenvalue weighted by Crippen LogP contribution is -2.58. The van der Waals surface area contributed by atoms with Gasteiger partial charge in [-0.15, -0.1) is 12.4 Å². The summed E-state index contributed by atoms with van der Waals surface area (Å²) in [7, 11) is 0. The van der Waals surface area contributed by atoms with Crippen LogP contribution in [-0.2, 0) is 4.79 Å². The van der Waals surface area contributed by atoms with Gasteiger partial charge >= 0.3 is 0 Å². The zero-order chi connectivity index (χ0) is 11.7. The maximum Gasteiger partial charge on any atom is 0.237 e. The molecule has 16 heavy (non-hydrogen) atoms. The first-order valence-corrected chi connectivity index (χ1v) is 5.75. The molecule has 0 unspecified atom stereocenters. The second-order valence-corrected chi connectivity index (χ2v) is 6.41. The summed E-state index contributed by atoms with van der Waals surface area (Å²) in [5.41, 5.74) is 0.121. The zero-order valence-corrected chi connectivity index (χ0v) is 11.8. The number of carbonyl (C=O) groups is 1. The van der Waals surface area contributed by atoms with Crippen molar-refractivity contribution in [3.63, 3.8) is 0 Å². The van der Waals surface area contributed by atoms with Gasteiger partial charge < -0.3 is 10.6 Å². The molecule has 0 radical (unpaired) electrons. The molecule has 2 N–H and O–H groups in total. The summed E-state index contributed by atoms with van der Waals surface area (Å²) in [5.74, 6) is 0.149. The molecule has 3 nitrogen and oxygen atoms in total. The lowest BCUT2D eigenvalue weighted by molar-refractivity contribution is -0.126. The molecule has 0 bridgehead atoms. The number of carbonyl (C=O) groups excluding carboxylic acids is 1. The number of amides is 1. The van der Waals surface area contributed by atoms with Crippen LogP contribution in [0.2, 0.25) is 0 Å². The molecule has 96 valence electrons. The fourth-order valence-corrected chi connectivity index (χ4v) is 2.30. The van der Waals surface area contributed by atoms with Crippen molar-refractivity contribution in [3.05, 3.63) is 0 Å². The van der Waals surface area contributed by atoms with Gasteiger partial charge in [0.05, 0.1) is 6.04 Å². The third-order valence-electron chi connectivity index (χ3n) is 2.57. The molecule has 0 aromatic rings. The average Bonchev–Trinajstić information content (AvgIpc) is 1.71. The van der Waals surface area contributed by atoms with Crippen LogP contribution in [0.3, 0.4) is 0 Å². The SMILES string of the molecule is CC(C)(C)CC(C)(C)NC(=O)[C@H]1CCN1.Cl. The smallest absolute Gasteiger partial charge is 0.237 e. The quantitative estimate of drug-likeness (QED) is 0.803. The molecule has 0 aromatic carbocycles. The van der Waals surface area contributed by atoms with E-state index in [-0.39, 0.29) is 35.3 Å². The fourth-order valence-electron chi connectivity index (χ4n) is 2.30. The lowest BCUT2D eigenvalue weighted by atomic mass is 9.81. The molecule has 0 saturated carbocycles. The summed E-state index contributed by atoms with van der Waals surface area (Å²) in [5, 5.41) is 6.23. The Bertz CT molecular complexity index is 242. The summed E-state index contributed by atoms with van der Waals surface area (Å²) in [6, 6.07) is 0.0456. The van der Waals surface area contributed by atoms with Crippen LogP contribution in [-0.4, -0.2) is 24.0 Å². The largest absolute Gasteiger partial charge is 0.350 e. The first-order valence-electron chi connectivity index (χ1n) is 5.75. The van der Waals surface area contributed by atoms with Crippen molar-refractivity contribution in [1.82, 2.24) is 10.6 Å². The van der Waals surface area contributed by atoms with Gasteiger partial charge in [0, 0.05) is 5.54 Å². The molecular formula is C12H25ClN2O. The Hall–Kier alpha value is -0.280. The molecule has 0 aromatic heterocycles. The highest BCUT2D eigenvalue weighted by atomic mass is 35.5. The number of nitrogens with one attached hydrogen (secondary N) is 2. The topological polar surface area (TPSA) is 41.1 Å². The first kappa shape index (κ1) is 15.7. The van der Waals surface area contributed by atoms with E-state index in [1.165, 1.54) is 0 Å². The van der Waals surface area contributed by atoms with E-state index in [0.29, 0.717) is 0 Å². The van der Waals surface area contributed by atoms with Gasteiger partial charge in [0.1, 0.15) is 0 Å². The highest BCUT2D eigenvalue weighted by Gasteiger charge is 2.31. The van der Waals surface area contributed by atoms with Crippen LogP contribution < -0.4 is 10.6 Å². The predicted octanol–water partition coefficient (Wildman–Crippen LogP) is 2.10. The summed E-state index contributed by atoms with van der Waals surface area (Å²) in [6.07, 6.45) is 1.95. The summed E-state index contributed by atoms with van der Waals surface area (Å²) >= 11 is 0. The van der Waals surface area contributed by atoms with Gasteiger partial charge in [-0.25, -0.2) is 0 Å². The van der Waals surface area contributed by atoms with Crippen molar-refractivity contribution in [2.24, 2.45) is 5.41 Å². The van der Waals surface area contributed by atoms with Crippen molar-refractivity contribution >= 4 is 18.3 Å². The normalized spacial score (nSPS) is 20.7. The molecule has 1 aliphatic rings. The maximum absolute atomic E-state index is 11.8. The first-order chi connectivity index (χ1) is 6.70. The molecule has 1 saturated heterocycles. The Morgan fingerprint density at radius 2 is 1.81 bits per heavy atom. The third kappa shape index (κ3) is 5.17. The average molecular weight is 249 g/mol. The van der Waals surface area contributed by atoms with E-state index in [9.17, 15) is 4.79 Å². The molecule has 1 amide bonds. The highest BCUT2D eigenvalue weighted by Crippen LogP contribution is 2.26. The van der Waals surface area contributed by atoms with E-state index in [1.54, 1.807) is 0 Å². The van der Waals surface area contributed by atoms with Gasteiger partial charge in [-0.2, -0.15) is 0 Å². The fraction of sp³-hybridized carbons (Fsp3) is 0.917. The zero-order valence-electron chi connectivity index (χ0n) is 11.0. The van der Waals surface area contributed by atoms with E-state index >= 15 is 0 Å². The molecule has 1 rings (SSSR count). The van der Waals surface area contributed by atoms with Crippen molar-refractivity contribution in [2.45, 2.75) is 59.0 Å². The van der Waals surface area contributed by atoms with Gasteiger partial charge in [-0.05, 0) is 38.6 Å². The third-order valence-corrected chi connectivity index (χ3v) is 2.57. The number of rotatable bonds is 3. The van der Waals surface area contributed by atoms with Crippen molar-refractivity contribution in [2.75, 3.05) is 6.54 Å². The van der Waals surface area contributed by atoms with Crippen molar-refractivity contribution < 1.29 is 4.79 Å². The van der Waals surface area contributed by atoms with Gasteiger partial charge in [0.15, 0.2) is 0 Å². The standard InChI is InChI=1S/C12H24N2O.ClH/c1-11(2,3)8-12(4,5)14-10(15)9-6-7-13-9;/h9,13H,6-8H2,1-5H3,(H,14,15);1H/t9-;/m1./s1. The van der Waals surface area contributed by atoms with Gasteiger partial charge in [0.2, 0.25) is 5.91 Å². The van der Waals surface area contributed by atoms with E-state index in [4.69, 9.17) is 0 Å². The molecule has 0 spiro atoms. The minimum atomic E-state index is -0.118. The van der Waals surface area contributed by atoms with Crippen molar-refractivity contribution in [1.29, 1.82) is 0 Å². The Morgan fingerprint density at radius 1 is 1.31 bits per heavy atom. The highest BCUT2D eigenvalue weighted by molar-refractivity contribution is 5.85. The van der Waals surface area contributed by atoms with Crippen molar-refractivity contribution in [3.8, 4) is 0 Å². The van der Waals surface area contributed by atoms with Gasteiger partial charge in [-0.1, -0.05) is 20.8 Å². The van der Waals surface area contributed by atoms with Crippen LogP contribution in [0.4, 0.5) is 0 Å². The van der Waals surface area contributed by atoms with Crippen LogP contribution in [0.5, 0.6) is 0 Å². The molecule has 1 fully saturated rings. The molecule has 1 aliphatic heterocycles. The van der Waals surface area contributed by atoms with Gasteiger partial charge in [0.25, 0.3) is 0 Å². The van der Waals surface area contributed by atoms with Gasteiger partial charge in [-0.3, -0.25) is 4.79 Å². The lowest BCUT2D eigenvalue weighted by Gasteiger charge is -2.36. The van der Waals surface area contributed by atoms with E-state index in [1.807, 2.05) is 0 Å². The summed E-state index contributed by atoms with van der Waals surface area (Å²) < 4.78 is 0. The molecular weight excluding hydrogens is 224 g/mol. The second-order valence-electron chi connectivity index (χ2n) is 6.41. The number of hydrogen-bond donors (Lipinski definition) is 2. The Kier molecular flexibility index (Phi) is 5.27. The van der Waals surface area contributed by atoms with E-state index in [0.717, 1.165) is 19.4 Å². The van der Waals surface area contributed by atoms with E-state index in [2.05, 4.69) is 45.3 Å². The minimum absolute atomic E-state index is 0. The van der Waals surface area contributed by atoms with Crippen LogP contribution in [0.25, 0.3) is 0 Å². The molecule has 0 aliphatic carbocycles. The Morgan fingerprint density at radius 3 is 2.12 bits per heavy atom. The Balaban J connectivity index is 0.00000225. The molecule has 4 heteroatoms. The monoisotopic (exact) mass is 248 g/mol.